The van der Waals surface area contributed by atoms with Crippen LogP contribution in [-0.2, 0) is 6.54 Å². The molecule has 0 aliphatic rings. The Balaban J connectivity index is 0.00000289. The van der Waals surface area contributed by atoms with Gasteiger partial charge in [-0.3, -0.25) is 0 Å². The fraction of sp³-hybridized carbons (Fsp3) is 0.259. The van der Waals surface area contributed by atoms with Crippen molar-refractivity contribution in [3.05, 3.63) is 83.9 Å². The van der Waals surface area contributed by atoms with Crippen molar-refractivity contribution in [3.63, 3.8) is 0 Å². The van der Waals surface area contributed by atoms with E-state index in [0.717, 1.165) is 16.8 Å². The SMILES string of the molecule is Cc1cc(C)c2c(c1)c(-c1ccccc1)c(-c1ccccc1)n2CC(O)CNCCO.Cl. The zero-order chi connectivity index (χ0) is 21.8. The molecule has 1 atom stereocenters. The van der Waals surface area contributed by atoms with Gasteiger partial charge < -0.3 is 20.1 Å². The topological polar surface area (TPSA) is 57.4 Å². The van der Waals surface area contributed by atoms with Gasteiger partial charge in [-0.05, 0) is 36.6 Å². The Hall–Kier alpha value is -2.63. The lowest BCUT2D eigenvalue weighted by Crippen LogP contribution is -2.32. The molecule has 3 aromatic carbocycles. The van der Waals surface area contributed by atoms with Crippen LogP contribution in [0.3, 0.4) is 0 Å². The standard InChI is InChI=1S/C27H30N2O2.ClH/c1-19-15-20(2)26-24(16-19)25(21-9-5-3-6-10-21)27(22-11-7-4-8-12-22)29(26)18-23(31)17-28-13-14-30;/h3-12,15-16,23,28,30-31H,13-14,17-18H2,1-2H3;1H. The van der Waals surface area contributed by atoms with Crippen molar-refractivity contribution in [2.45, 2.75) is 26.5 Å². The number of nitrogens with one attached hydrogen (secondary N) is 1. The van der Waals surface area contributed by atoms with E-state index in [2.05, 4.69) is 84.4 Å². The first kappa shape index (κ1) is 24.0. The van der Waals surface area contributed by atoms with E-state index in [1.807, 2.05) is 12.1 Å². The Morgan fingerprint density at radius 3 is 2.16 bits per heavy atom. The molecule has 5 heteroatoms. The summed E-state index contributed by atoms with van der Waals surface area (Å²) in [6.45, 7) is 5.71. The molecule has 4 aromatic rings. The molecular formula is C27H31ClN2O2. The molecule has 0 aliphatic heterocycles. The molecule has 0 radical (unpaired) electrons. The molecule has 1 aromatic heterocycles. The lowest BCUT2D eigenvalue weighted by molar-refractivity contribution is 0.150. The number of nitrogens with zero attached hydrogens (tertiary/aromatic N) is 1. The van der Waals surface area contributed by atoms with Crippen molar-refractivity contribution in [2.75, 3.05) is 19.7 Å². The van der Waals surface area contributed by atoms with Crippen LogP contribution in [0.4, 0.5) is 0 Å². The molecule has 4 nitrogen and oxygen atoms in total. The summed E-state index contributed by atoms with van der Waals surface area (Å²) >= 11 is 0. The quantitative estimate of drug-likeness (QED) is 0.333. The van der Waals surface area contributed by atoms with Gasteiger partial charge in [-0.1, -0.05) is 72.3 Å². The van der Waals surface area contributed by atoms with Crippen LogP contribution in [0.25, 0.3) is 33.3 Å². The molecule has 32 heavy (non-hydrogen) atoms. The summed E-state index contributed by atoms with van der Waals surface area (Å²) in [5.41, 5.74) is 8.20. The number of aliphatic hydroxyl groups excluding tert-OH is 2. The van der Waals surface area contributed by atoms with E-state index >= 15 is 0 Å². The highest BCUT2D eigenvalue weighted by Gasteiger charge is 2.23. The zero-order valence-corrected chi connectivity index (χ0v) is 19.4. The molecule has 1 heterocycles. The first-order valence-corrected chi connectivity index (χ1v) is 10.8. The number of aryl methyl sites for hydroxylation is 2. The molecule has 0 saturated heterocycles. The predicted octanol–water partition coefficient (Wildman–Crippen LogP) is 4.96. The Morgan fingerprint density at radius 2 is 1.53 bits per heavy atom. The fourth-order valence-electron chi connectivity index (χ4n) is 4.48. The van der Waals surface area contributed by atoms with Gasteiger partial charge in [0.15, 0.2) is 0 Å². The minimum Gasteiger partial charge on any atom is -0.395 e. The molecule has 0 aliphatic carbocycles. The fourth-order valence-corrected chi connectivity index (χ4v) is 4.48. The number of benzene rings is 3. The molecular weight excluding hydrogens is 420 g/mol. The van der Waals surface area contributed by atoms with Gasteiger partial charge in [0, 0.05) is 24.0 Å². The molecule has 168 valence electrons. The average molecular weight is 451 g/mol. The number of hydrogen-bond acceptors (Lipinski definition) is 3. The summed E-state index contributed by atoms with van der Waals surface area (Å²) in [7, 11) is 0. The number of halogens is 1. The third-order valence-corrected chi connectivity index (χ3v) is 5.66. The lowest BCUT2D eigenvalue weighted by Gasteiger charge is -2.18. The van der Waals surface area contributed by atoms with Crippen LogP contribution in [0.15, 0.2) is 72.8 Å². The summed E-state index contributed by atoms with van der Waals surface area (Å²) in [4.78, 5) is 0. The summed E-state index contributed by atoms with van der Waals surface area (Å²) < 4.78 is 2.27. The van der Waals surface area contributed by atoms with Crippen LogP contribution in [0.1, 0.15) is 11.1 Å². The Kier molecular flexibility index (Phi) is 8.10. The van der Waals surface area contributed by atoms with Crippen LogP contribution in [0.5, 0.6) is 0 Å². The highest BCUT2D eigenvalue weighted by Crippen LogP contribution is 2.42. The van der Waals surface area contributed by atoms with Crippen molar-refractivity contribution in [3.8, 4) is 22.4 Å². The average Bonchev–Trinajstić information content (AvgIpc) is 3.09. The molecule has 1 unspecified atom stereocenters. The summed E-state index contributed by atoms with van der Waals surface area (Å²) in [6, 6.07) is 25.4. The van der Waals surface area contributed by atoms with Crippen molar-refractivity contribution in [1.82, 2.24) is 9.88 Å². The minimum atomic E-state index is -0.575. The predicted molar refractivity (Wildman–Crippen MR) is 135 cm³/mol. The lowest BCUT2D eigenvalue weighted by atomic mass is 9.97. The first-order chi connectivity index (χ1) is 15.1. The monoisotopic (exact) mass is 450 g/mol. The maximum atomic E-state index is 10.8. The van der Waals surface area contributed by atoms with Gasteiger partial charge in [0.1, 0.15) is 0 Å². The molecule has 0 amide bonds. The van der Waals surface area contributed by atoms with Gasteiger partial charge in [0.2, 0.25) is 0 Å². The van der Waals surface area contributed by atoms with E-state index in [1.54, 1.807) is 0 Å². The van der Waals surface area contributed by atoms with Crippen LogP contribution in [0.2, 0.25) is 0 Å². The normalized spacial score (nSPS) is 12.0. The van der Waals surface area contributed by atoms with E-state index < -0.39 is 6.10 Å². The largest absolute Gasteiger partial charge is 0.395 e. The second-order valence-electron chi connectivity index (χ2n) is 8.13. The Morgan fingerprint density at radius 1 is 0.906 bits per heavy atom. The van der Waals surface area contributed by atoms with Crippen molar-refractivity contribution in [2.24, 2.45) is 0 Å². The molecule has 0 saturated carbocycles. The van der Waals surface area contributed by atoms with Crippen LogP contribution in [-0.4, -0.2) is 40.6 Å². The first-order valence-electron chi connectivity index (χ1n) is 10.8. The molecule has 0 fully saturated rings. The number of rotatable bonds is 8. The molecule has 0 bridgehead atoms. The maximum Gasteiger partial charge on any atom is 0.0843 e. The second-order valence-corrected chi connectivity index (χ2v) is 8.13. The Bertz CT molecular complexity index is 1160. The van der Waals surface area contributed by atoms with Gasteiger partial charge in [0.25, 0.3) is 0 Å². The molecule has 4 rings (SSSR count). The summed E-state index contributed by atoms with van der Waals surface area (Å²) in [6.07, 6.45) is -0.575. The van der Waals surface area contributed by atoms with Crippen LogP contribution < -0.4 is 5.32 Å². The number of aromatic nitrogens is 1. The third kappa shape index (κ3) is 4.89. The van der Waals surface area contributed by atoms with E-state index in [0.29, 0.717) is 19.6 Å². The van der Waals surface area contributed by atoms with E-state index in [4.69, 9.17) is 5.11 Å². The summed E-state index contributed by atoms with van der Waals surface area (Å²) in [5, 5.41) is 24.2. The number of hydrogen-bond donors (Lipinski definition) is 3. The highest BCUT2D eigenvalue weighted by atomic mass is 35.5. The maximum absolute atomic E-state index is 10.8. The number of fused-ring (bicyclic) bond motifs is 1. The van der Waals surface area contributed by atoms with Gasteiger partial charge in [-0.15, -0.1) is 12.4 Å². The van der Waals surface area contributed by atoms with Crippen molar-refractivity contribution < 1.29 is 10.2 Å². The van der Waals surface area contributed by atoms with E-state index in [-0.39, 0.29) is 19.0 Å². The van der Waals surface area contributed by atoms with E-state index in [1.165, 1.54) is 27.6 Å². The minimum absolute atomic E-state index is 0. The van der Waals surface area contributed by atoms with Crippen LogP contribution >= 0.6 is 12.4 Å². The van der Waals surface area contributed by atoms with Crippen molar-refractivity contribution >= 4 is 23.3 Å². The molecule has 0 spiro atoms. The summed E-state index contributed by atoms with van der Waals surface area (Å²) in [5.74, 6) is 0. The Labute approximate surface area is 195 Å². The highest BCUT2D eigenvalue weighted by molar-refractivity contribution is 6.06. The van der Waals surface area contributed by atoms with E-state index in [9.17, 15) is 5.11 Å². The van der Waals surface area contributed by atoms with Crippen LogP contribution in [0, 0.1) is 13.8 Å². The second kappa shape index (κ2) is 10.8. The smallest absolute Gasteiger partial charge is 0.0843 e. The van der Waals surface area contributed by atoms with Gasteiger partial charge in [0.05, 0.1) is 30.5 Å². The zero-order valence-electron chi connectivity index (χ0n) is 18.6. The van der Waals surface area contributed by atoms with Gasteiger partial charge in [-0.2, -0.15) is 0 Å². The van der Waals surface area contributed by atoms with Gasteiger partial charge >= 0.3 is 0 Å². The number of aliphatic hydroxyl groups is 2. The van der Waals surface area contributed by atoms with Gasteiger partial charge in [-0.25, -0.2) is 0 Å². The van der Waals surface area contributed by atoms with Crippen molar-refractivity contribution in [1.29, 1.82) is 0 Å². The third-order valence-electron chi connectivity index (χ3n) is 5.66. The molecule has 3 N–H and O–H groups in total.